The van der Waals surface area contributed by atoms with Gasteiger partial charge in [0.2, 0.25) is 0 Å². The molecular weight excluding hydrogens is 475 g/mol. The van der Waals surface area contributed by atoms with Gasteiger partial charge in [-0.2, -0.15) is 0 Å². The van der Waals surface area contributed by atoms with E-state index < -0.39 is 0 Å². The molecule has 1 aromatic carbocycles. The lowest BCUT2D eigenvalue weighted by molar-refractivity contribution is 0.618. The van der Waals surface area contributed by atoms with Crippen LogP contribution in [-0.4, -0.2) is 33.8 Å². The number of aromatic nitrogens is 3. The summed E-state index contributed by atoms with van der Waals surface area (Å²) in [5.41, 5.74) is 1.17. The Balaban J connectivity index is 0.00000364. The normalized spacial score (nSPS) is 12.4. The third kappa shape index (κ3) is 8.04. The van der Waals surface area contributed by atoms with Crippen LogP contribution in [0.5, 0.6) is 0 Å². The van der Waals surface area contributed by atoms with Crippen LogP contribution in [0.1, 0.15) is 51.0 Å². The van der Waals surface area contributed by atoms with E-state index in [0.717, 1.165) is 55.7 Å². The summed E-state index contributed by atoms with van der Waals surface area (Å²) < 4.78 is 2.07. The van der Waals surface area contributed by atoms with Gasteiger partial charge in [-0.1, -0.05) is 44.0 Å². The van der Waals surface area contributed by atoms with Gasteiger partial charge in [-0.05, 0) is 31.0 Å². The van der Waals surface area contributed by atoms with E-state index in [1.807, 2.05) is 24.3 Å². The van der Waals surface area contributed by atoms with Crippen molar-refractivity contribution in [2.45, 2.75) is 52.6 Å². The zero-order valence-electron chi connectivity index (χ0n) is 16.3. The van der Waals surface area contributed by atoms with E-state index in [1.54, 1.807) is 6.33 Å². The highest BCUT2D eigenvalue weighted by molar-refractivity contribution is 14.0. The van der Waals surface area contributed by atoms with Gasteiger partial charge in [0.1, 0.15) is 12.2 Å². The molecule has 150 valence electrons. The summed E-state index contributed by atoms with van der Waals surface area (Å²) in [5, 5.41) is 15.7. The Labute approximate surface area is 184 Å². The summed E-state index contributed by atoms with van der Waals surface area (Å²) in [6, 6.07) is 8.04. The molecular formula is C19H30ClIN6. The predicted molar refractivity (Wildman–Crippen MR) is 123 cm³/mol. The maximum Gasteiger partial charge on any atom is 0.191 e. The van der Waals surface area contributed by atoms with E-state index >= 15 is 0 Å². The second kappa shape index (κ2) is 12.9. The molecule has 0 aliphatic rings. The summed E-state index contributed by atoms with van der Waals surface area (Å²) in [6.45, 7) is 8.75. The average Bonchev–Trinajstić information content (AvgIpc) is 3.09. The van der Waals surface area contributed by atoms with Crippen LogP contribution >= 0.6 is 35.6 Å². The molecule has 2 aromatic rings. The fraction of sp³-hybridized carbons (Fsp3) is 0.526. The van der Waals surface area contributed by atoms with Crippen molar-refractivity contribution in [2.75, 3.05) is 13.1 Å². The van der Waals surface area contributed by atoms with E-state index in [4.69, 9.17) is 11.6 Å². The van der Waals surface area contributed by atoms with Crippen molar-refractivity contribution < 1.29 is 0 Å². The molecule has 27 heavy (non-hydrogen) atoms. The van der Waals surface area contributed by atoms with Gasteiger partial charge in [-0.25, -0.2) is 0 Å². The third-order valence-electron chi connectivity index (χ3n) is 4.16. The molecule has 1 heterocycles. The Hall–Kier alpha value is -1.35. The lowest BCUT2D eigenvalue weighted by Gasteiger charge is -2.19. The zero-order chi connectivity index (χ0) is 18.8. The monoisotopic (exact) mass is 504 g/mol. The van der Waals surface area contributed by atoms with Crippen molar-refractivity contribution >= 4 is 41.5 Å². The predicted octanol–water partition coefficient (Wildman–Crippen LogP) is 4.21. The van der Waals surface area contributed by atoms with E-state index in [2.05, 4.69) is 51.2 Å². The third-order valence-corrected chi connectivity index (χ3v) is 4.41. The van der Waals surface area contributed by atoms with Crippen LogP contribution in [0.3, 0.4) is 0 Å². The van der Waals surface area contributed by atoms with Crippen molar-refractivity contribution in [3.05, 3.63) is 47.0 Å². The number of aryl methyl sites for hydroxylation is 1. The van der Waals surface area contributed by atoms with E-state index in [9.17, 15) is 0 Å². The van der Waals surface area contributed by atoms with Gasteiger partial charge in [0.15, 0.2) is 5.96 Å². The molecule has 0 aliphatic carbocycles. The number of hydrogen-bond donors (Lipinski definition) is 2. The summed E-state index contributed by atoms with van der Waals surface area (Å²) in [5.74, 6) is 1.82. The number of nitrogens with zero attached hydrogens (tertiary/aromatic N) is 4. The minimum Gasteiger partial charge on any atom is -0.355 e. The van der Waals surface area contributed by atoms with Gasteiger partial charge in [0.25, 0.3) is 0 Å². The second-order valence-corrected chi connectivity index (χ2v) is 6.66. The van der Waals surface area contributed by atoms with Gasteiger partial charge in [0, 0.05) is 31.1 Å². The quantitative estimate of drug-likeness (QED) is 0.232. The molecule has 6 nitrogen and oxygen atoms in total. The Morgan fingerprint density at radius 2 is 2.00 bits per heavy atom. The number of nitrogens with one attached hydrogen (secondary N) is 2. The molecule has 1 aromatic heterocycles. The smallest absolute Gasteiger partial charge is 0.191 e. The Morgan fingerprint density at radius 3 is 2.67 bits per heavy atom. The van der Waals surface area contributed by atoms with Crippen LogP contribution in [0, 0.1) is 0 Å². The Bertz CT molecular complexity index is 686. The lowest BCUT2D eigenvalue weighted by Crippen LogP contribution is -2.40. The fourth-order valence-electron chi connectivity index (χ4n) is 2.58. The van der Waals surface area contributed by atoms with Crippen molar-refractivity contribution in [2.24, 2.45) is 4.99 Å². The molecule has 0 amide bonds. The number of guanidine groups is 1. The molecule has 0 spiro atoms. The zero-order valence-corrected chi connectivity index (χ0v) is 19.4. The first-order valence-electron chi connectivity index (χ1n) is 9.31. The van der Waals surface area contributed by atoms with E-state index in [0.29, 0.717) is 0 Å². The van der Waals surface area contributed by atoms with Gasteiger partial charge >= 0.3 is 0 Å². The van der Waals surface area contributed by atoms with Crippen molar-refractivity contribution in [1.82, 2.24) is 25.4 Å². The summed E-state index contributed by atoms with van der Waals surface area (Å²) in [7, 11) is 0. The molecule has 2 rings (SSSR count). The maximum absolute atomic E-state index is 5.98. The highest BCUT2D eigenvalue weighted by atomic mass is 127. The summed E-state index contributed by atoms with van der Waals surface area (Å²) in [6.07, 6.45) is 4.86. The van der Waals surface area contributed by atoms with Crippen molar-refractivity contribution in [1.29, 1.82) is 0 Å². The first kappa shape index (κ1) is 23.7. The highest BCUT2D eigenvalue weighted by Crippen LogP contribution is 2.15. The molecule has 0 saturated heterocycles. The minimum absolute atomic E-state index is 0. The first-order chi connectivity index (χ1) is 12.6. The van der Waals surface area contributed by atoms with Crippen LogP contribution in [-0.2, 0) is 13.0 Å². The van der Waals surface area contributed by atoms with Crippen LogP contribution < -0.4 is 10.6 Å². The summed E-state index contributed by atoms with van der Waals surface area (Å²) in [4.78, 5) is 4.69. The SMILES string of the molecule is CCCCN=C(NCCn1cnnc1CC)NC(C)c1ccc(Cl)cc1.I. The fourth-order valence-corrected chi connectivity index (χ4v) is 2.70. The van der Waals surface area contributed by atoms with Crippen molar-refractivity contribution in [3.8, 4) is 0 Å². The number of hydrogen-bond acceptors (Lipinski definition) is 3. The maximum atomic E-state index is 5.98. The minimum atomic E-state index is 0. The Kier molecular flexibility index (Phi) is 11.3. The molecule has 8 heteroatoms. The molecule has 1 atom stereocenters. The molecule has 0 radical (unpaired) electrons. The Morgan fingerprint density at radius 1 is 1.26 bits per heavy atom. The number of aliphatic imine (C=N–C) groups is 1. The number of halogens is 2. The highest BCUT2D eigenvalue weighted by Gasteiger charge is 2.08. The topological polar surface area (TPSA) is 67.1 Å². The second-order valence-electron chi connectivity index (χ2n) is 6.22. The van der Waals surface area contributed by atoms with E-state index in [1.165, 1.54) is 5.56 Å². The van der Waals surface area contributed by atoms with Crippen LogP contribution in [0.15, 0.2) is 35.6 Å². The molecule has 0 bridgehead atoms. The summed E-state index contributed by atoms with van der Waals surface area (Å²) >= 11 is 5.98. The van der Waals surface area contributed by atoms with Crippen LogP contribution in [0.2, 0.25) is 5.02 Å². The first-order valence-corrected chi connectivity index (χ1v) is 9.68. The largest absolute Gasteiger partial charge is 0.355 e. The van der Waals surface area contributed by atoms with Crippen LogP contribution in [0.25, 0.3) is 0 Å². The number of rotatable bonds is 9. The van der Waals surface area contributed by atoms with Gasteiger partial charge in [0.05, 0.1) is 6.04 Å². The van der Waals surface area contributed by atoms with Gasteiger partial charge < -0.3 is 15.2 Å². The molecule has 0 aliphatic heterocycles. The molecule has 2 N–H and O–H groups in total. The average molecular weight is 505 g/mol. The standard InChI is InChI=1S/C19H29ClN6.HI/c1-4-6-11-21-19(22-12-13-26-14-23-25-18(26)5-2)24-15(3)16-7-9-17(20)10-8-16;/h7-10,14-15H,4-6,11-13H2,1-3H3,(H2,21,22,24);1H. The van der Waals surface area contributed by atoms with Gasteiger partial charge in [-0.15, -0.1) is 34.2 Å². The van der Waals surface area contributed by atoms with Crippen LogP contribution in [0.4, 0.5) is 0 Å². The van der Waals surface area contributed by atoms with E-state index in [-0.39, 0.29) is 30.0 Å². The van der Waals surface area contributed by atoms with Gasteiger partial charge in [-0.3, -0.25) is 4.99 Å². The molecule has 1 unspecified atom stereocenters. The van der Waals surface area contributed by atoms with Crippen molar-refractivity contribution in [3.63, 3.8) is 0 Å². The molecule has 0 fully saturated rings. The number of benzene rings is 1. The lowest BCUT2D eigenvalue weighted by atomic mass is 10.1. The number of unbranched alkanes of at least 4 members (excludes halogenated alkanes) is 1. The molecule has 0 saturated carbocycles.